The summed E-state index contributed by atoms with van der Waals surface area (Å²) in [5.41, 5.74) is 1.99. The molecule has 6 nitrogen and oxygen atoms in total. The Bertz CT molecular complexity index is 918. The third kappa shape index (κ3) is 7.50. The van der Waals surface area contributed by atoms with E-state index in [0.29, 0.717) is 30.8 Å². The number of amides is 2. The standard InChI is InChI=1S/C22H25ClFN3O3/c1-15(26-21(28)14-30-17-8-9-19(23)20(24)12-17)10-11-25-22(29)18-7-5-4-6-16(18)13-27(2)3/h4-9,12H,1,10-11,13-14H2,2-3H3,(H,25,29)(H,26,28). The van der Waals surface area contributed by atoms with E-state index < -0.39 is 11.7 Å². The number of carbonyl (C=O) groups excluding carboxylic acids is 2. The van der Waals surface area contributed by atoms with E-state index in [1.807, 2.05) is 37.2 Å². The van der Waals surface area contributed by atoms with Crippen LogP contribution in [0.15, 0.2) is 54.7 Å². The second-order valence-electron chi connectivity index (χ2n) is 6.92. The molecule has 0 spiro atoms. The second-order valence-corrected chi connectivity index (χ2v) is 7.32. The first kappa shape index (κ1) is 23.4. The number of carbonyl (C=O) groups is 2. The predicted octanol–water partition coefficient (Wildman–Crippen LogP) is 3.37. The van der Waals surface area contributed by atoms with Gasteiger partial charge in [0.1, 0.15) is 11.6 Å². The third-order valence-electron chi connectivity index (χ3n) is 4.04. The van der Waals surface area contributed by atoms with Gasteiger partial charge in [-0.05, 0) is 37.9 Å². The molecule has 160 valence electrons. The molecule has 2 aromatic rings. The zero-order chi connectivity index (χ0) is 22.1. The molecule has 2 amide bonds. The van der Waals surface area contributed by atoms with Gasteiger partial charge in [0.25, 0.3) is 11.8 Å². The van der Waals surface area contributed by atoms with E-state index in [1.54, 1.807) is 6.07 Å². The summed E-state index contributed by atoms with van der Waals surface area (Å²) in [5, 5.41) is 5.40. The Labute approximate surface area is 180 Å². The quantitative estimate of drug-likeness (QED) is 0.602. The van der Waals surface area contributed by atoms with Gasteiger partial charge in [0.05, 0.1) is 5.02 Å². The number of ether oxygens (including phenoxy) is 1. The summed E-state index contributed by atoms with van der Waals surface area (Å²) in [7, 11) is 3.88. The Hall–Kier alpha value is -2.90. The fraction of sp³-hybridized carbons (Fsp3) is 0.273. The second kappa shape index (κ2) is 11.3. The summed E-state index contributed by atoms with van der Waals surface area (Å²) in [4.78, 5) is 26.4. The Morgan fingerprint density at radius 3 is 2.63 bits per heavy atom. The summed E-state index contributed by atoms with van der Waals surface area (Å²) in [6.07, 6.45) is 0.364. The van der Waals surface area contributed by atoms with E-state index >= 15 is 0 Å². The summed E-state index contributed by atoms with van der Waals surface area (Å²) in [6, 6.07) is 11.3. The SMILES string of the molecule is C=C(CCNC(=O)c1ccccc1CN(C)C)NC(=O)COc1ccc(Cl)c(F)c1. The number of nitrogens with one attached hydrogen (secondary N) is 2. The van der Waals surface area contributed by atoms with Gasteiger partial charge in [-0.15, -0.1) is 0 Å². The highest BCUT2D eigenvalue weighted by atomic mass is 35.5. The van der Waals surface area contributed by atoms with E-state index in [4.69, 9.17) is 16.3 Å². The summed E-state index contributed by atoms with van der Waals surface area (Å²) >= 11 is 5.60. The lowest BCUT2D eigenvalue weighted by Gasteiger charge is -2.14. The van der Waals surface area contributed by atoms with Crippen LogP contribution in [-0.4, -0.2) is 44.0 Å². The molecule has 0 unspecified atom stereocenters. The fourth-order valence-corrected chi connectivity index (χ4v) is 2.77. The first-order valence-corrected chi connectivity index (χ1v) is 9.70. The molecule has 2 aromatic carbocycles. The van der Waals surface area contributed by atoms with E-state index in [2.05, 4.69) is 17.2 Å². The molecule has 8 heteroatoms. The van der Waals surface area contributed by atoms with Crippen molar-refractivity contribution in [2.24, 2.45) is 0 Å². The molecule has 0 aromatic heterocycles. The van der Waals surface area contributed by atoms with Crippen LogP contribution in [0.4, 0.5) is 4.39 Å². The van der Waals surface area contributed by atoms with Crippen molar-refractivity contribution in [2.75, 3.05) is 27.2 Å². The van der Waals surface area contributed by atoms with E-state index in [9.17, 15) is 14.0 Å². The molecule has 0 aliphatic heterocycles. The number of nitrogens with zero attached hydrogens (tertiary/aromatic N) is 1. The molecule has 0 aliphatic rings. The minimum atomic E-state index is -0.623. The third-order valence-corrected chi connectivity index (χ3v) is 4.34. The normalized spacial score (nSPS) is 10.6. The Kier molecular flexibility index (Phi) is 8.83. The maximum atomic E-state index is 13.4. The Morgan fingerprint density at radius 2 is 1.93 bits per heavy atom. The average Bonchev–Trinajstić information content (AvgIpc) is 2.68. The maximum absolute atomic E-state index is 13.4. The van der Waals surface area contributed by atoms with Crippen LogP contribution in [-0.2, 0) is 11.3 Å². The van der Waals surface area contributed by atoms with Crippen LogP contribution in [0.25, 0.3) is 0 Å². The van der Waals surface area contributed by atoms with Gasteiger partial charge in [0.2, 0.25) is 0 Å². The van der Waals surface area contributed by atoms with Crippen LogP contribution < -0.4 is 15.4 Å². The largest absolute Gasteiger partial charge is 0.484 e. The van der Waals surface area contributed by atoms with Gasteiger partial charge in [-0.25, -0.2) is 4.39 Å². The van der Waals surface area contributed by atoms with Crippen molar-refractivity contribution in [1.82, 2.24) is 15.5 Å². The van der Waals surface area contributed by atoms with Crippen molar-refractivity contribution in [1.29, 1.82) is 0 Å². The highest BCUT2D eigenvalue weighted by molar-refractivity contribution is 6.30. The lowest BCUT2D eigenvalue weighted by atomic mass is 10.1. The molecule has 0 saturated heterocycles. The first-order valence-electron chi connectivity index (χ1n) is 9.32. The van der Waals surface area contributed by atoms with Gasteiger partial charge in [-0.1, -0.05) is 36.4 Å². The summed E-state index contributed by atoms with van der Waals surface area (Å²) < 4.78 is 18.6. The highest BCUT2D eigenvalue weighted by Crippen LogP contribution is 2.20. The zero-order valence-electron chi connectivity index (χ0n) is 17.0. The number of benzene rings is 2. The van der Waals surface area contributed by atoms with Gasteiger partial charge in [-0.2, -0.15) is 0 Å². The Morgan fingerprint density at radius 1 is 1.20 bits per heavy atom. The summed E-state index contributed by atoms with van der Waals surface area (Å²) in [6.45, 7) is 4.45. The molecule has 0 radical (unpaired) electrons. The van der Waals surface area contributed by atoms with Crippen molar-refractivity contribution in [3.05, 3.63) is 76.7 Å². The van der Waals surface area contributed by atoms with Gasteiger partial charge < -0.3 is 20.3 Å². The smallest absolute Gasteiger partial charge is 0.262 e. The number of halogens is 2. The van der Waals surface area contributed by atoms with Gasteiger partial charge in [-0.3, -0.25) is 9.59 Å². The average molecular weight is 434 g/mol. The van der Waals surface area contributed by atoms with Crippen LogP contribution in [0.5, 0.6) is 5.75 Å². The fourth-order valence-electron chi connectivity index (χ4n) is 2.65. The molecule has 0 atom stereocenters. The molecular weight excluding hydrogens is 409 g/mol. The molecular formula is C22H25ClFN3O3. The van der Waals surface area contributed by atoms with Gasteiger partial charge in [0, 0.05) is 36.8 Å². The molecule has 0 aliphatic carbocycles. The lowest BCUT2D eigenvalue weighted by molar-refractivity contribution is -0.122. The highest BCUT2D eigenvalue weighted by Gasteiger charge is 2.12. The molecule has 0 bridgehead atoms. The van der Waals surface area contributed by atoms with Crippen LogP contribution in [0.3, 0.4) is 0 Å². The molecule has 0 heterocycles. The molecule has 0 fully saturated rings. The van der Waals surface area contributed by atoms with Gasteiger partial charge >= 0.3 is 0 Å². The van der Waals surface area contributed by atoms with Crippen LogP contribution in [0, 0.1) is 5.82 Å². The van der Waals surface area contributed by atoms with Crippen molar-refractivity contribution < 1.29 is 18.7 Å². The zero-order valence-corrected chi connectivity index (χ0v) is 17.8. The van der Waals surface area contributed by atoms with Crippen LogP contribution in [0.2, 0.25) is 5.02 Å². The van der Waals surface area contributed by atoms with Crippen LogP contribution in [0.1, 0.15) is 22.3 Å². The topological polar surface area (TPSA) is 70.7 Å². The lowest BCUT2D eigenvalue weighted by Crippen LogP contribution is -2.31. The maximum Gasteiger partial charge on any atom is 0.262 e. The summed E-state index contributed by atoms with van der Waals surface area (Å²) in [5.74, 6) is -1.04. The monoisotopic (exact) mass is 433 g/mol. The van der Waals surface area contributed by atoms with Crippen molar-refractivity contribution in [3.8, 4) is 5.75 Å². The minimum Gasteiger partial charge on any atom is -0.484 e. The molecule has 2 rings (SSSR count). The van der Waals surface area contributed by atoms with Crippen LogP contribution >= 0.6 is 11.6 Å². The number of hydrogen-bond donors (Lipinski definition) is 2. The molecule has 2 N–H and O–H groups in total. The van der Waals surface area contributed by atoms with E-state index in [1.165, 1.54) is 12.1 Å². The van der Waals surface area contributed by atoms with Crippen molar-refractivity contribution in [3.63, 3.8) is 0 Å². The van der Waals surface area contributed by atoms with E-state index in [0.717, 1.165) is 11.6 Å². The van der Waals surface area contributed by atoms with Crippen molar-refractivity contribution in [2.45, 2.75) is 13.0 Å². The number of rotatable bonds is 10. The van der Waals surface area contributed by atoms with Gasteiger partial charge in [0.15, 0.2) is 6.61 Å². The Balaban J connectivity index is 1.74. The van der Waals surface area contributed by atoms with E-state index in [-0.39, 0.29) is 23.3 Å². The first-order chi connectivity index (χ1) is 14.3. The number of hydrogen-bond acceptors (Lipinski definition) is 4. The molecule has 30 heavy (non-hydrogen) atoms. The van der Waals surface area contributed by atoms with Crippen molar-refractivity contribution >= 4 is 23.4 Å². The minimum absolute atomic E-state index is 0.0217. The predicted molar refractivity (Wildman–Crippen MR) is 115 cm³/mol. The molecule has 0 saturated carbocycles.